The molecular weight excluding hydrogens is 290 g/mol. The summed E-state index contributed by atoms with van der Waals surface area (Å²) in [5, 5.41) is 0. The van der Waals surface area contributed by atoms with Crippen LogP contribution in [0, 0.1) is 5.92 Å². The topological polar surface area (TPSA) is 55.2 Å². The van der Waals surface area contributed by atoms with E-state index in [1.165, 1.54) is 0 Å². The van der Waals surface area contributed by atoms with Crippen molar-refractivity contribution in [2.75, 3.05) is 6.54 Å². The quantitative estimate of drug-likeness (QED) is 0.492. The molecular formula is C18H29N3O2. The van der Waals surface area contributed by atoms with E-state index in [1.807, 2.05) is 15.7 Å². The van der Waals surface area contributed by atoms with Crippen LogP contribution in [-0.2, 0) is 16.1 Å². The average molecular weight is 319 g/mol. The van der Waals surface area contributed by atoms with Crippen LogP contribution in [0.5, 0.6) is 0 Å². The highest BCUT2D eigenvalue weighted by molar-refractivity contribution is 6.39. The van der Waals surface area contributed by atoms with Gasteiger partial charge in [0.05, 0.1) is 6.33 Å². The van der Waals surface area contributed by atoms with Gasteiger partial charge in [0.25, 0.3) is 5.91 Å². The first-order chi connectivity index (χ1) is 11.2. The minimum atomic E-state index is -0.254. The first kappa shape index (κ1) is 17.7. The Bertz CT molecular complexity index is 498. The number of rotatable bonds is 10. The largest absolute Gasteiger partial charge is 0.337 e. The molecule has 1 fully saturated rings. The van der Waals surface area contributed by atoms with Crippen molar-refractivity contribution in [3.63, 3.8) is 0 Å². The lowest BCUT2D eigenvalue weighted by molar-refractivity contribution is -0.141. The Balaban J connectivity index is 1.95. The SMILES string of the molecule is CCCCCC1C(=O)C(=O)N(CCCn2ccnc2)C1CCC. The van der Waals surface area contributed by atoms with E-state index in [-0.39, 0.29) is 23.7 Å². The number of hydrogen-bond donors (Lipinski definition) is 0. The van der Waals surface area contributed by atoms with Crippen molar-refractivity contribution in [2.24, 2.45) is 5.92 Å². The number of aryl methyl sites for hydroxylation is 1. The van der Waals surface area contributed by atoms with E-state index in [0.717, 1.165) is 51.5 Å². The lowest BCUT2D eigenvalue weighted by Gasteiger charge is -2.27. The van der Waals surface area contributed by atoms with Crippen LogP contribution in [0.3, 0.4) is 0 Å². The molecule has 5 nitrogen and oxygen atoms in total. The minimum absolute atomic E-state index is 0.0813. The van der Waals surface area contributed by atoms with Gasteiger partial charge in [0.2, 0.25) is 5.78 Å². The maximum absolute atomic E-state index is 12.4. The Kier molecular flexibility index (Phi) is 6.81. The smallest absolute Gasteiger partial charge is 0.290 e. The second-order valence-electron chi connectivity index (χ2n) is 6.48. The van der Waals surface area contributed by atoms with Gasteiger partial charge in [-0.2, -0.15) is 0 Å². The third kappa shape index (κ3) is 4.43. The van der Waals surface area contributed by atoms with Gasteiger partial charge in [-0.25, -0.2) is 4.98 Å². The second kappa shape index (κ2) is 8.85. The maximum atomic E-state index is 12.4. The molecule has 2 unspecified atom stereocenters. The molecule has 0 saturated carbocycles. The molecule has 0 aromatic carbocycles. The van der Waals surface area contributed by atoms with E-state index in [2.05, 4.69) is 18.8 Å². The van der Waals surface area contributed by atoms with Crippen LogP contribution in [0.4, 0.5) is 0 Å². The Labute approximate surface area is 139 Å². The van der Waals surface area contributed by atoms with E-state index < -0.39 is 0 Å². The molecule has 23 heavy (non-hydrogen) atoms. The number of Topliss-reactive ketones (excluding diaryl/α,β-unsaturated/α-hetero) is 1. The summed E-state index contributed by atoms with van der Waals surface area (Å²) in [4.78, 5) is 30.6. The molecule has 0 bridgehead atoms. The van der Waals surface area contributed by atoms with Gasteiger partial charge in [-0.3, -0.25) is 9.59 Å². The molecule has 2 rings (SSSR count). The van der Waals surface area contributed by atoms with Crippen LogP contribution >= 0.6 is 0 Å². The van der Waals surface area contributed by atoms with Crippen molar-refractivity contribution in [3.05, 3.63) is 18.7 Å². The highest BCUT2D eigenvalue weighted by atomic mass is 16.2. The lowest BCUT2D eigenvalue weighted by atomic mass is 9.90. The van der Waals surface area contributed by atoms with Crippen LogP contribution in [0.1, 0.15) is 58.8 Å². The summed E-state index contributed by atoms with van der Waals surface area (Å²) in [6, 6.07) is 0.111. The van der Waals surface area contributed by atoms with Crippen LogP contribution < -0.4 is 0 Å². The zero-order valence-electron chi connectivity index (χ0n) is 14.4. The van der Waals surface area contributed by atoms with Gasteiger partial charge in [0, 0.05) is 37.4 Å². The molecule has 2 heterocycles. The van der Waals surface area contributed by atoms with Crippen molar-refractivity contribution in [1.82, 2.24) is 14.5 Å². The average Bonchev–Trinajstić information content (AvgIpc) is 3.13. The standard InChI is InChI=1S/C18H29N3O2/c1-3-5-6-9-15-16(8-4-2)21(18(23)17(15)22)12-7-11-20-13-10-19-14-20/h10,13-16H,3-9,11-12H2,1-2H3. The molecule has 1 aliphatic heterocycles. The van der Waals surface area contributed by atoms with E-state index in [0.29, 0.717) is 6.54 Å². The highest BCUT2D eigenvalue weighted by Crippen LogP contribution is 2.30. The van der Waals surface area contributed by atoms with E-state index >= 15 is 0 Å². The van der Waals surface area contributed by atoms with Gasteiger partial charge in [-0.15, -0.1) is 0 Å². The number of nitrogens with zero attached hydrogens (tertiary/aromatic N) is 3. The minimum Gasteiger partial charge on any atom is -0.337 e. The summed E-state index contributed by atoms with van der Waals surface area (Å²) >= 11 is 0. The molecule has 2 atom stereocenters. The first-order valence-electron chi connectivity index (χ1n) is 8.99. The predicted octanol–water partition coefficient (Wildman–Crippen LogP) is 3.05. The summed E-state index contributed by atoms with van der Waals surface area (Å²) < 4.78 is 2.01. The van der Waals surface area contributed by atoms with Crippen molar-refractivity contribution >= 4 is 11.7 Å². The zero-order valence-corrected chi connectivity index (χ0v) is 14.4. The van der Waals surface area contributed by atoms with Crippen molar-refractivity contribution in [1.29, 1.82) is 0 Å². The molecule has 5 heteroatoms. The zero-order chi connectivity index (χ0) is 16.7. The van der Waals surface area contributed by atoms with Gasteiger partial charge < -0.3 is 9.47 Å². The fraction of sp³-hybridized carbons (Fsp3) is 0.722. The Hall–Kier alpha value is -1.65. The summed E-state index contributed by atoms with van der Waals surface area (Å²) in [5.41, 5.74) is 0. The monoisotopic (exact) mass is 319 g/mol. The molecule has 1 amide bonds. The number of aromatic nitrogens is 2. The van der Waals surface area contributed by atoms with Gasteiger partial charge in [0.1, 0.15) is 0 Å². The molecule has 1 aromatic heterocycles. The summed E-state index contributed by atoms with van der Waals surface area (Å²) in [7, 11) is 0. The molecule has 0 radical (unpaired) electrons. The third-order valence-corrected chi connectivity index (χ3v) is 4.75. The Morgan fingerprint density at radius 3 is 2.52 bits per heavy atom. The molecule has 128 valence electrons. The summed E-state index contributed by atoms with van der Waals surface area (Å²) in [5.74, 6) is -0.486. The van der Waals surface area contributed by atoms with Crippen LogP contribution in [0.15, 0.2) is 18.7 Å². The number of carbonyl (C=O) groups is 2. The van der Waals surface area contributed by atoms with Crippen molar-refractivity contribution in [2.45, 2.75) is 71.4 Å². The number of carbonyl (C=O) groups excluding carboxylic acids is 2. The van der Waals surface area contributed by atoms with Crippen LogP contribution in [0.25, 0.3) is 0 Å². The fourth-order valence-corrected chi connectivity index (χ4v) is 3.54. The highest BCUT2D eigenvalue weighted by Gasteiger charge is 2.45. The van der Waals surface area contributed by atoms with Gasteiger partial charge >= 0.3 is 0 Å². The number of ketones is 1. The van der Waals surface area contributed by atoms with Gasteiger partial charge in [-0.1, -0.05) is 39.5 Å². The molecule has 0 N–H and O–H groups in total. The van der Waals surface area contributed by atoms with E-state index in [9.17, 15) is 9.59 Å². The number of imidazole rings is 1. The summed E-state index contributed by atoms with van der Waals surface area (Å²) in [6.45, 7) is 5.78. The molecule has 0 aliphatic carbocycles. The molecule has 1 saturated heterocycles. The molecule has 1 aromatic rings. The fourth-order valence-electron chi connectivity index (χ4n) is 3.54. The Morgan fingerprint density at radius 2 is 1.87 bits per heavy atom. The number of likely N-dealkylation sites (tertiary alicyclic amines) is 1. The van der Waals surface area contributed by atoms with Gasteiger partial charge in [0.15, 0.2) is 0 Å². The van der Waals surface area contributed by atoms with Crippen LogP contribution in [-0.4, -0.2) is 38.7 Å². The Morgan fingerprint density at radius 1 is 1.04 bits per heavy atom. The first-order valence-corrected chi connectivity index (χ1v) is 8.99. The van der Waals surface area contributed by atoms with E-state index in [1.54, 1.807) is 12.5 Å². The number of amides is 1. The second-order valence-corrected chi connectivity index (χ2v) is 6.48. The lowest BCUT2D eigenvalue weighted by Crippen LogP contribution is -2.36. The van der Waals surface area contributed by atoms with Crippen molar-refractivity contribution in [3.8, 4) is 0 Å². The predicted molar refractivity (Wildman–Crippen MR) is 89.9 cm³/mol. The summed E-state index contributed by atoms with van der Waals surface area (Å²) in [6.07, 6.45) is 12.4. The van der Waals surface area contributed by atoms with Crippen molar-refractivity contribution < 1.29 is 9.59 Å². The van der Waals surface area contributed by atoms with Crippen LogP contribution in [0.2, 0.25) is 0 Å². The number of hydrogen-bond acceptors (Lipinski definition) is 3. The molecule has 1 aliphatic rings. The molecule has 0 spiro atoms. The third-order valence-electron chi connectivity index (χ3n) is 4.75. The van der Waals surface area contributed by atoms with E-state index in [4.69, 9.17) is 0 Å². The maximum Gasteiger partial charge on any atom is 0.290 e. The van der Waals surface area contributed by atoms with Gasteiger partial charge in [-0.05, 0) is 19.3 Å². The number of unbranched alkanes of at least 4 members (excludes halogenated alkanes) is 2. The normalized spacial score (nSPS) is 21.4.